The highest BCUT2D eigenvalue weighted by Gasteiger charge is 2.38. The summed E-state index contributed by atoms with van der Waals surface area (Å²) in [5, 5.41) is 6.70. The summed E-state index contributed by atoms with van der Waals surface area (Å²) < 4.78 is 5.24. The van der Waals surface area contributed by atoms with E-state index in [1.807, 2.05) is 26.0 Å². The number of nitrogens with zero attached hydrogens (tertiary/aromatic N) is 4. The molecule has 4 heterocycles. The first-order valence-electron chi connectivity index (χ1n) is 7.93. The maximum atomic E-state index is 12.9. The number of nitrogens with one attached hydrogen (secondary N) is 1. The van der Waals surface area contributed by atoms with Crippen LogP contribution in [0.25, 0.3) is 11.3 Å². The van der Waals surface area contributed by atoms with Crippen molar-refractivity contribution in [1.29, 1.82) is 0 Å². The van der Waals surface area contributed by atoms with Gasteiger partial charge in [0.1, 0.15) is 5.75 Å². The Labute approximate surface area is 144 Å². The third-order valence-corrected chi connectivity index (χ3v) is 4.47. The van der Waals surface area contributed by atoms with E-state index in [0.29, 0.717) is 11.3 Å². The first-order valence-corrected chi connectivity index (χ1v) is 7.93. The maximum absolute atomic E-state index is 12.9. The first-order chi connectivity index (χ1) is 12.1. The SMILES string of the molecule is COc1cncc(-c2cc(C)c3c(n2)[C@H](C)N(c2cn[nH]c2)C3=O)c1. The van der Waals surface area contributed by atoms with Crippen LogP contribution >= 0.6 is 0 Å². The van der Waals surface area contributed by atoms with Crippen molar-refractivity contribution >= 4 is 11.6 Å². The molecule has 1 N–H and O–H groups in total. The minimum Gasteiger partial charge on any atom is -0.495 e. The Morgan fingerprint density at radius 1 is 1.24 bits per heavy atom. The fourth-order valence-electron chi connectivity index (χ4n) is 3.23. The number of fused-ring (bicyclic) bond motifs is 1. The van der Waals surface area contributed by atoms with E-state index >= 15 is 0 Å². The van der Waals surface area contributed by atoms with Gasteiger partial charge < -0.3 is 4.74 Å². The van der Waals surface area contributed by atoms with Crippen molar-refractivity contribution in [1.82, 2.24) is 20.2 Å². The number of carbonyl (C=O) groups excluding carboxylic acids is 1. The Kier molecular flexibility index (Phi) is 3.49. The van der Waals surface area contributed by atoms with Crippen molar-refractivity contribution in [3.05, 3.63) is 53.7 Å². The molecule has 0 unspecified atom stereocenters. The lowest BCUT2D eigenvalue weighted by Gasteiger charge is -2.19. The van der Waals surface area contributed by atoms with Crippen LogP contribution in [0.1, 0.15) is 34.6 Å². The molecule has 0 saturated heterocycles. The number of carbonyl (C=O) groups is 1. The second kappa shape index (κ2) is 5.70. The summed E-state index contributed by atoms with van der Waals surface area (Å²) in [4.78, 5) is 23.5. The van der Waals surface area contributed by atoms with E-state index in [9.17, 15) is 4.79 Å². The summed E-state index contributed by atoms with van der Waals surface area (Å²) in [6.45, 7) is 3.90. The van der Waals surface area contributed by atoms with Gasteiger partial charge in [0, 0.05) is 18.0 Å². The molecule has 0 bridgehead atoms. The zero-order valence-electron chi connectivity index (χ0n) is 14.1. The zero-order valence-corrected chi connectivity index (χ0v) is 14.1. The van der Waals surface area contributed by atoms with Gasteiger partial charge in [-0.3, -0.25) is 19.8 Å². The molecule has 0 radical (unpaired) electrons. The number of ether oxygens (including phenoxy) is 1. The fraction of sp³-hybridized carbons (Fsp3) is 0.222. The van der Waals surface area contributed by atoms with E-state index in [-0.39, 0.29) is 11.9 Å². The number of methoxy groups -OCH3 is 1. The van der Waals surface area contributed by atoms with Crippen LogP contribution in [0.3, 0.4) is 0 Å². The molecule has 126 valence electrons. The molecule has 0 fully saturated rings. The lowest BCUT2D eigenvalue weighted by atomic mass is 10.0. The van der Waals surface area contributed by atoms with Gasteiger partial charge in [0.25, 0.3) is 5.91 Å². The summed E-state index contributed by atoms with van der Waals surface area (Å²) in [5.41, 5.74) is 4.69. The van der Waals surface area contributed by atoms with Gasteiger partial charge in [0.15, 0.2) is 0 Å². The van der Waals surface area contributed by atoms with Gasteiger partial charge in [0.05, 0.1) is 48.2 Å². The highest BCUT2D eigenvalue weighted by molar-refractivity contribution is 6.11. The van der Waals surface area contributed by atoms with Crippen LogP contribution in [0.4, 0.5) is 5.69 Å². The number of aromatic amines is 1. The number of pyridine rings is 2. The van der Waals surface area contributed by atoms with Crippen LogP contribution in [0.2, 0.25) is 0 Å². The van der Waals surface area contributed by atoms with Crippen molar-refractivity contribution in [3.63, 3.8) is 0 Å². The Morgan fingerprint density at radius 3 is 2.80 bits per heavy atom. The first kappa shape index (κ1) is 15.3. The normalized spacial score (nSPS) is 16.2. The van der Waals surface area contributed by atoms with Crippen molar-refractivity contribution in [2.45, 2.75) is 19.9 Å². The highest BCUT2D eigenvalue weighted by Crippen LogP contribution is 2.38. The second-order valence-corrected chi connectivity index (χ2v) is 6.01. The molecule has 0 spiro atoms. The topological polar surface area (TPSA) is 84.0 Å². The monoisotopic (exact) mass is 335 g/mol. The molecule has 4 rings (SSSR count). The standard InChI is InChI=1S/C18H17N5O2/c1-10-4-15(12-5-14(25-3)9-19-6-12)22-17-11(2)23(18(24)16(10)17)13-7-20-21-8-13/h4-9,11H,1-3H3,(H,20,21)/t11-/m0/s1. The number of amides is 1. The molecule has 3 aromatic rings. The van der Waals surface area contributed by atoms with Crippen LogP contribution in [0, 0.1) is 6.92 Å². The summed E-state index contributed by atoms with van der Waals surface area (Å²) in [6, 6.07) is 3.63. The number of hydrogen-bond acceptors (Lipinski definition) is 5. The Bertz CT molecular complexity index is 952. The molecule has 1 aliphatic heterocycles. The zero-order chi connectivity index (χ0) is 17.6. The predicted molar refractivity (Wildman–Crippen MR) is 92.6 cm³/mol. The van der Waals surface area contributed by atoms with Gasteiger partial charge in [-0.25, -0.2) is 4.98 Å². The van der Waals surface area contributed by atoms with Crippen molar-refractivity contribution in [2.75, 3.05) is 12.0 Å². The minimum atomic E-state index is -0.169. The van der Waals surface area contributed by atoms with E-state index in [4.69, 9.17) is 9.72 Å². The molecule has 0 aromatic carbocycles. The van der Waals surface area contributed by atoms with E-state index in [1.165, 1.54) is 0 Å². The van der Waals surface area contributed by atoms with Crippen LogP contribution in [-0.2, 0) is 0 Å². The van der Waals surface area contributed by atoms with E-state index < -0.39 is 0 Å². The van der Waals surface area contributed by atoms with Crippen molar-refractivity contribution < 1.29 is 9.53 Å². The van der Waals surface area contributed by atoms with E-state index in [1.54, 1.807) is 36.8 Å². The van der Waals surface area contributed by atoms with Crippen LogP contribution in [-0.4, -0.2) is 33.2 Å². The Balaban J connectivity index is 1.82. The van der Waals surface area contributed by atoms with Gasteiger partial charge >= 0.3 is 0 Å². The van der Waals surface area contributed by atoms with Gasteiger partial charge in [-0.2, -0.15) is 5.10 Å². The average molecular weight is 335 g/mol. The number of rotatable bonds is 3. The fourth-order valence-corrected chi connectivity index (χ4v) is 3.23. The number of anilines is 1. The van der Waals surface area contributed by atoms with Gasteiger partial charge in [-0.15, -0.1) is 0 Å². The summed E-state index contributed by atoms with van der Waals surface area (Å²) >= 11 is 0. The predicted octanol–water partition coefficient (Wildman–Crippen LogP) is 2.91. The third kappa shape index (κ3) is 2.36. The number of aromatic nitrogens is 4. The van der Waals surface area contributed by atoms with Gasteiger partial charge in [-0.1, -0.05) is 0 Å². The molecule has 1 amide bonds. The molecule has 1 atom stereocenters. The summed E-state index contributed by atoms with van der Waals surface area (Å²) in [5.74, 6) is 0.616. The number of H-pyrrole nitrogens is 1. The van der Waals surface area contributed by atoms with E-state index in [0.717, 1.165) is 28.2 Å². The largest absolute Gasteiger partial charge is 0.495 e. The lowest BCUT2D eigenvalue weighted by molar-refractivity contribution is 0.0992. The molecule has 0 aliphatic carbocycles. The van der Waals surface area contributed by atoms with E-state index in [2.05, 4.69) is 15.2 Å². The molecule has 3 aromatic heterocycles. The second-order valence-electron chi connectivity index (χ2n) is 6.01. The molecular weight excluding hydrogens is 318 g/mol. The van der Waals surface area contributed by atoms with Crippen molar-refractivity contribution in [3.8, 4) is 17.0 Å². The molecular formula is C18H17N5O2. The average Bonchev–Trinajstić information content (AvgIpc) is 3.22. The molecule has 7 nitrogen and oxygen atoms in total. The summed E-state index contributed by atoms with van der Waals surface area (Å²) in [7, 11) is 1.60. The third-order valence-electron chi connectivity index (χ3n) is 4.47. The van der Waals surface area contributed by atoms with Gasteiger partial charge in [-0.05, 0) is 31.5 Å². The quantitative estimate of drug-likeness (QED) is 0.795. The van der Waals surface area contributed by atoms with Crippen LogP contribution in [0.15, 0.2) is 36.9 Å². The van der Waals surface area contributed by atoms with Crippen molar-refractivity contribution in [2.24, 2.45) is 0 Å². The summed E-state index contributed by atoms with van der Waals surface area (Å²) in [6.07, 6.45) is 6.74. The van der Waals surface area contributed by atoms with Gasteiger partial charge in [0.2, 0.25) is 0 Å². The van der Waals surface area contributed by atoms with Crippen LogP contribution < -0.4 is 9.64 Å². The lowest BCUT2D eigenvalue weighted by Crippen LogP contribution is -2.25. The Morgan fingerprint density at radius 2 is 2.08 bits per heavy atom. The Hall–Kier alpha value is -3.22. The molecule has 25 heavy (non-hydrogen) atoms. The molecule has 1 aliphatic rings. The smallest absolute Gasteiger partial charge is 0.261 e. The van der Waals surface area contributed by atoms with Crippen LogP contribution in [0.5, 0.6) is 5.75 Å². The maximum Gasteiger partial charge on any atom is 0.261 e. The number of hydrogen-bond donors (Lipinski definition) is 1. The minimum absolute atomic E-state index is 0.0517. The molecule has 7 heteroatoms. The highest BCUT2D eigenvalue weighted by atomic mass is 16.5. The number of aryl methyl sites for hydroxylation is 1. The molecule has 0 saturated carbocycles.